The molecule has 0 saturated carbocycles. The fourth-order valence-corrected chi connectivity index (χ4v) is 2.34. The molecule has 0 saturated heterocycles. The van der Waals surface area contributed by atoms with Crippen molar-refractivity contribution in [2.24, 2.45) is 0 Å². The van der Waals surface area contributed by atoms with E-state index in [0.717, 1.165) is 4.90 Å². The molecular weight excluding hydrogens is 274 g/mol. The molecule has 0 aliphatic heterocycles. The van der Waals surface area contributed by atoms with Crippen molar-refractivity contribution in [3.63, 3.8) is 0 Å². The third-order valence-electron chi connectivity index (χ3n) is 2.24. The summed E-state index contributed by atoms with van der Waals surface area (Å²) in [4.78, 5) is 23.2. The van der Waals surface area contributed by atoms with E-state index in [9.17, 15) is 9.59 Å². The van der Waals surface area contributed by atoms with Gasteiger partial charge in [-0.25, -0.2) is 0 Å². The van der Waals surface area contributed by atoms with Gasteiger partial charge < -0.3 is 10.4 Å². The van der Waals surface area contributed by atoms with E-state index in [1.54, 1.807) is 13.0 Å². The van der Waals surface area contributed by atoms with Crippen LogP contribution in [0.3, 0.4) is 0 Å². The van der Waals surface area contributed by atoms with Gasteiger partial charge in [-0.05, 0) is 26.0 Å². The zero-order chi connectivity index (χ0) is 13.7. The van der Waals surface area contributed by atoms with Gasteiger partial charge in [0.25, 0.3) is 0 Å². The number of carboxylic acid groups (broad SMARTS) is 1. The number of carbonyl (C=O) groups excluding carboxylic acids is 1. The lowest BCUT2D eigenvalue weighted by Crippen LogP contribution is -2.42. The van der Waals surface area contributed by atoms with Crippen molar-refractivity contribution >= 4 is 35.2 Å². The maximum Gasteiger partial charge on any atom is 0.325 e. The first-order valence-corrected chi connectivity index (χ1v) is 6.62. The number of rotatable bonds is 5. The predicted octanol–water partition coefficient (Wildman–Crippen LogP) is 2.41. The number of hydrogen-bond donors (Lipinski definition) is 2. The average Bonchev–Trinajstić information content (AvgIpc) is 2.31. The Hall–Kier alpha value is -1.20. The molecule has 0 radical (unpaired) electrons. The highest BCUT2D eigenvalue weighted by Gasteiger charge is 2.20. The summed E-state index contributed by atoms with van der Waals surface area (Å²) >= 11 is 7.28. The van der Waals surface area contributed by atoms with Gasteiger partial charge in [-0.2, -0.15) is 0 Å². The van der Waals surface area contributed by atoms with Crippen LogP contribution in [-0.2, 0) is 9.59 Å². The minimum atomic E-state index is -1.06. The van der Waals surface area contributed by atoms with E-state index in [1.165, 1.54) is 18.7 Å². The largest absolute Gasteiger partial charge is 0.480 e. The molecule has 0 aliphatic carbocycles. The highest BCUT2D eigenvalue weighted by atomic mass is 35.5. The smallest absolute Gasteiger partial charge is 0.325 e. The lowest BCUT2D eigenvalue weighted by atomic mass is 10.3. The molecule has 98 valence electrons. The van der Waals surface area contributed by atoms with Crippen LogP contribution in [-0.4, -0.2) is 28.3 Å². The number of nitrogens with one attached hydrogen (secondary N) is 1. The number of benzene rings is 1. The summed E-state index contributed by atoms with van der Waals surface area (Å²) in [6, 6.07) is 6.31. The monoisotopic (exact) mass is 287 g/mol. The lowest BCUT2D eigenvalue weighted by molar-refractivity contribution is -0.141. The van der Waals surface area contributed by atoms with Crippen LogP contribution in [0.4, 0.5) is 0 Å². The summed E-state index contributed by atoms with van der Waals surface area (Å²) in [5.41, 5.74) is 0. The first-order chi connectivity index (χ1) is 8.41. The van der Waals surface area contributed by atoms with Gasteiger partial charge in [-0.15, -0.1) is 11.8 Å². The summed E-state index contributed by atoms with van der Waals surface area (Å²) < 4.78 is 0. The molecule has 18 heavy (non-hydrogen) atoms. The molecule has 0 aliphatic rings. The highest BCUT2D eigenvalue weighted by Crippen LogP contribution is 2.29. The molecule has 0 spiro atoms. The van der Waals surface area contributed by atoms with Crippen molar-refractivity contribution in [3.05, 3.63) is 29.3 Å². The Kier molecular flexibility index (Phi) is 5.50. The number of hydrogen-bond acceptors (Lipinski definition) is 3. The minimum absolute atomic E-state index is 0.324. The lowest BCUT2D eigenvalue weighted by Gasteiger charge is -2.14. The summed E-state index contributed by atoms with van der Waals surface area (Å²) in [6.45, 7) is 3.13. The Bertz CT molecular complexity index is 453. The Morgan fingerprint density at radius 3 is 2.50 bits per heavy atom. The number of carboxylic acids is 1. The number of aliphatic carboxylic acids is 1. The molecule has 2 N–H and O–H groups in total. The van der Waals surface area contributed by atoms with Crippen LogP contribution in [0, 0.1) is 0 Å². The van der Waals surface area contributed by atoms with Gasteiger partial charge in [0.2, 0.25) is 5.91 Å². The van der Waals surface area contributed by atoms with Gasteiger partial charge in [0.15, 0.2) is 0 Å². The van der Waals surface area contributed by atoms with E-state index >= 15 is 0 Å². The van der Waals surface area contributed by atoms with Crippen molar-refractivity contribution in [1.82, 2.24) is 5.32 Å². The first-order valence-electron chi connectivity index (χ1n) is 5.36. The summed E-state index contributed by atoms with van der Waals surface area (Å²) in [5, 5.41) is 11.3. The van der Waals surface area contributed by atoms with Crippen LogP contribution < -0.4 is 5.32 Å². The Morgan fingerprint density at radius 1 is 1.33 bits per heavy atom. The molecule has 6 heteroatoms. The van der Waals surface area contributed by atoms with Gasteiger partial charge in [0.1, 0.15) is 6.04 Å². The van der Waals surface area contributed by atoms with Crippen LogP contribution >= 0.6 is 23.4 Å². The number of thioether (sulfide) groups is 1. The molecule has 1 amide bonds. The molecule has 0 bridgehead atoms. The maximum absolute atomic E-state index is 11.7. The second-order valence-electron chi connectivity index (χ2n) is 3.76. The van der Waals surface area contributed by atoms with Gasteiger partial charge in [-0.3, -0.25) is 9.59 Å². The predicted molar refractivity (Wildman–Crippen MR) is 72.0 cm³/mol. The molecule has 2 atom stereocenters. The van der Waals surface area contributed by atoms with Gasteiger partial charge in [-0.1, -0.05) is 23.7 Å². The fraction of sp³-hybridized carbons (Fsp3) is 0.333. The summed E-state index contributed by atoms with van der Waals surface area (Å²) in [7, 11) is 0. The third-order valence-corrected chi connectivity index (χ3v) is 3.86. The van der Waals surface area contributed by atoms with Crippen molar-refractivity contribution < 1.29 is 14.7 Å². The SMILES string of the molecule is CC(Sc1ccccc1Cl)C(=O)N[C@H](C)C(=O)O. The van der Waals surface area contributed by atoms with Gasteiger partial charge in [0, 0.05) is 4.90 Å². The summed E-state index contributed by atoms with van der Waals surface area (Å²) in [5.74, 6) is -1.38. The molecule has 4 nitrogen and oxygen atoms in total. The molecule has 0 fully saturated rings. The van der Waals surface area contributed by atoms with Crippen LogP contribution in [0.15, 0.2) is 29.2 Å². The Morgan fingerprint density at radius 2 is 1.94 bits per heavy atom. The second-order valence-corrected chi connectivity index (χ2v) is 5.55. The average molecular weight is 288 g/mol. The van der Waals surface area contributed by atoms with E-state index in [4.69, 9.17) is 16.7 Å². The normalized spacial score (nSPS) is 13.7. The Balaban J connectivity index is 2.60. The van der Waals surface area contributed by atoms with Crippen molar-refractivity contribution in [2.75, 3.05) is 0 Å². The summed E-state index contributed by atoms with van der Waals surface area (Å²) in [6.07, 6.45) is 0. The molecule has 1 aromatic rings. The van der Waals surface area contributed by atoms with Crippen LogP contribution in [0.1, 0.15) is 13.8 Å². The second kappa shape index (κ2) is 6.66. The highest BCUT2D eigenvalue weighted by molar-refractivity contribution is 8.00. The van der Waals surface area contributed by atoms with E-state index in [2.05, 4.69) is 5.32 Å². The molecule has 1 rings (SSSR count). The molecule has 0 heterocycles. The molecule has 0 aromatic heterocycles. The number of halogens is 1. The van der Waals surface area contributed by atoms with Gasteiger partial charge >= 0.3 is 5.97 Å². The number of amides is 1. The first kappa shape index (κ1) is 14.9. The van der Waals surface area contributed by atoms with Crippen LogP contribution in [0.25, 0.3) is 0 Å². The van der Waals surface area contributed by atoms with E-state index < -0.39 is 17.3 Å². The van der Waals surface area contributed by atoms with Gasteiger partial charge in [0.05, 0.1) is 10.3 Å². The zero-order valence-electron chi connectivity index (χ0n) is 10.0. The van der Waals surface area contributed by atoms with E-state index in [0.29, 0.717) is 5.02 Å². The topological polar surface area (TPSA) is 66.4 Å². The van der Waals surface area contributed by atoms with Crippen LogP contribution in [0.5, 0.6) is 0 Å². The minimum Gasteiger partial charge on any atom is -0.480 e. The third kappa shape index (κ3) is 4.23. The number of carbonyl (C=O) groups is 2. The molecule has 1 unspecified atom stereocenters. The molecule has 1 aromatic carbocycles. The van der Waals surface area contributed by atoms with E-state index in [-0.39, 0.29) is 5.91 Å². The van der Waals surface area contributed by atoms with Crippen molar-refractivity contribution in [1.29, 1.82) is 0 Å². The molecular formula is C12H14ClNO3S. The van der Waals surface area contributed by atoms with Crippen molar-refractivity contribution in [3.8, 4) is 0 Å². The van der Waals surface area contributed by atoms with Crippen molar-refractivity contribution in [2.45, 2.75) is 30.0 Å². The fourth-order valence-electron chi connectivity index (χ4n) is 1.18. The van der Waals surface area contributed by atoms with Crippen LogP contribution in [0.2, 0.25) is 5.02 Å². The van der Waals surface area contributed by atoms with E-state index in [1.807, 2.05) is 18.2 Å². The standard InChI is InChI=1S/C12H14ClNO3S/c1-7(12(16)17)14-11(15)8(2)18-10-6-4-3-5-9(10)13/h3-8H,1-2H3,(H,14,15)(H,16,17)/t7-,8?/m1/s1. The zero-order valence-corrected chi connectivity index (χ0v) is 11.6. The Labute approximate surface area is 115 Å². The maximum atomic E-state index is 11.7. The quantitative estimate of drug-likeness (QED) is 0.816.